The third-order valence-corrected chi connectivity index (χ3v) is 4.66. The maximum Gasteiger partial charge on any atom is 0.337 e. The van der Waals surface area contributed by atoms with Gasteiger partial charge >= 0.3 is 5.97 Å². The van der Waals surface area contributed by atoms with Crippen molar-refractivity contribution in [3.8, 4) is 0 Å². The number of nitrogens with one attached hydrogen (secondary N) is 1. The fourth-order valence-corrected chi connectivity index (χ4v) is 2.98. The van der Waals surface area contributed by atoms with Gasteiger partial charge in [0.1, 0.15) is 0 Å². The van der Waals surface area contributed by atoms with Gasteiger partial charge in [0.05, 0.1) is 17.9 Å². The molecule has 0 radical (unpaired) electrons. The Balaban J connectivity index is 1.85. The highest BCUT2D eigenvalue weighted by molar-refractivity contribution is 8.00. The normalized spacial score (nSPS) is 11.6. The van der Waals surface area contributed by atoms with Gasteiger partial charge in [-0.3, -0.25) is 4.79 Å². The highest BCUT2D eigenvalue weighted by Crippen LogP contribution is 2.23. The first-order valence-corrected chi connectivity index (χ1v) is 8.56. The largest absolute Gasteiger partial charge is 0.465 e. The minimum Gasteiger partial charge on any atom is -0.465 e. The van der Waals surface area contributed by atoms with Crippen LogP contribution in [0.15, 0.2) is 53.4 Å². The summed E-state index contributed by atoms with van der Waals surface area (Å²) < 4.78 is 4.66. The smallest absolute Gasteiger partial charge is 0.337 e. The van der Waals surface area contributed by atoms with Crippen LogP contribution in [0.3, 0.4) is 0 Å². The fourth-order valence-electron chi connectivity index (χ4n) is 2.08. The van der Waals surface area contributed by atoms with E-state index in [2.05, 4.69) is 10.1 Å². The molecular formula is C19H21NO3S. The van der Waals surface area contributed by atoms with Gasteiger partial charge < -0.3 is 10.1 Å². The van der Waals surface area contributed by atoms with Crippen molar-refractivity contribution in [1.29, 1.82) is 0 Å². The molecule has 1 amide bonds. The topological polar surface area (TPSA) is 55.4 Å². The maximum atomic E-state index is 12.2. The first-order chi connectivity index (χ1) is 11.5. The molecule has 1 N–H and O–H groups in total. The number of methoxy groups -OCH3 is 1. The van der Waals surface area contributed by atoms with E-state index in [9.17, 15) is 9.59 Å². The molecule has 0 aliphatic carbocycles. The van der Waals surface area contributed by atoms with Crippen LogP contribution in [0.4, 0.5) is 0 Å². The van der Waals surface area contributed by atoms with E-state index < -0.39 is 0 Å². The molecule has 24 heavy (non-hydrogen) atoms. The van der Waals surface area contributed by atoms with Gasteiger partial charge in [0.15, 0.2) is 0 Å². The standard InChI is InChI=1S/C19H21NO3S/c1-13-4-10-17(11-5-13)24-14(2)18(21)20-12-15-6-8-16(9-7-15)19(22)23-3/h4-11,14H,12H2,1-3H3,(H,20,21). The molecule has 4 nitrogen and oxygen atoms in total. The highest BCUT2D eigenvalue weighted by Gasteiger charge is 2.14. The third-order valence-electron chi connectivity index (χ3n) is 3.54. The number of hydrogen-bond acceptors (Lipinski definition) is 4. The number of hydrogen-bond donors (Lipinski definition) is 1. The summed E-state index contributed by atoms with van der Waals surface area (Å²) in [6.45, 7) is 4.36. The second kappa shape index (κ2) is 8.55. The molecule has 0 saturated carbocycles. The minimum atomic E-state index is -0.367. The molecule has 1 atom stereocenters. The van der Waals surface area contributed by atoms with E-state index in [-0.39, 0.29) is 17.1 Å². The van der Waals surface area contributed by atoms with Gasteiger partial charge in [-0.2, -0.15) is 0 Å². The van der Waals surface area contributed by atoms with Crippen molar-refractivity contribution in [2.75, 3.05) is 7.11 Å². The van der Waals surface area contributed by atoms with E-state index in [1.54, 1.807) is 12.1 Å². The number of benzene rings is 2. The third kappa shape index (κ3) is 5.13. The molecule has 2 aromatic carbocycles. The Morgan fingerprint density at radius 1 is 1.08 bits per heavy atom. The van der Waals surface area contributed by atoms with Crippen LogP contribution in [0.2, 0.25) is 0 Å². The Hall–Kier alpha value is -2.27. The van der Waals surface area contributed by atoms with Crippen LogP contribution in [0.1, 0.15) is 28.4 Å². The Morgan fingerprint density at radius 3 is 2.29 bits per heavy atom. The second-order valence-electron chi connectivity index (χ2n) is 5.48. The summed E-state index contributed by atoms with van der Waals surface area (Å²) in [6.07, 6.45) is 0. The number of esters is 1. The van der Waals surface area contributed by atoms with Gasteiger partial charge in [0.2, 0.25) is 5.91 Å². The molecule has 0 aromatic heterocycles. The Labute approximate surface area is 146 Å². The van der Waals surface area contributed by atoms with E-state index >= 15 is 0 Å². The summed E-state index contributed by atoms with van der Waals surface area (Å²) in [6, 6.07) is 15.1. The number of thioether (sulfide) groups is 1. The molecule has 2 aromatic rings. The predicted molar refractivity (Wildman–Crippen MR) is 96.1 cm³/mol. The quantitative estimate of drug-likeness (QED) is 0.643. The van der Waals surface area contributed by atoms with E-state index in [0.717, 1.165) is 10.5 Å². The van der Waals surface area contributed by atoms with E-state index in [1.165, 1.54) is 24.4 Å². The van der Waals surface area contributed by atoms with Crippen LogP contribution in [0.5, 0.6) is 0 Å². The lowest BCUT2D eigenvalue weighted by molar-refractivity contribution is -0.120. The molecule has 5 heteroatoms. The van der Waals surface area contributed by atoms with Crippen LogP contribution < -0.4 is 5.32 Å². The molecule has 0 heterocycles. The van der Waals surface area contributed by atoms with E-state index in [4.69, 9.17) is 0 Å². The summed E-state index contributed by atoms with van der Waals surface area (Å²) in [4.78, 5) is 24.7. The molecule has 2 rings (SSSR count). The molecule has 0 bridgehead atoms. The van der Waals surface area contributed by atoms with E-state index in [1.807, 2.05) is 50.2 Å². The summed E-state index contributed by atoms with van der Waals surface area (Å²) >= 11 is 1.53. The molecule has 0 aliphatic rings. The van der Waals surface area contributed by atoms with Crippen LogP contribution in [0.25, 0.3) is 0 Å². The number of carbonyl (C=O) groups excluding carboxylic acids is 2. The molecule has 0 saturated heterocycles. The Kier molecular flexibility index (Phi) is 6.44. The predicted octanol–water partition coefficient (Wildman–Crippen LogP) is 3.58. The molecule has 0 spiro atoms. The van der Waals surface area contributed by atoms with Gasteiger partial charge in [-0.15, -0.1) is 11.8 Å². The van der Waals surface area contributed by atoms with Crippen molar-refractivity contribution >= 4 is 23.6 Å². The zero-order valence-electron chi connectivity index (χ0n) is 14.0. The van der Waals surface area contributed by atoms with Crippen LogP contribution in [-0.2, 0) is 16.1 Å². The van der Waals surface area contributed by atoms with Crippen molar-refractivity contribution in [1.82, 2.24) is 5.32 Å². The van der Waals surface area contributed by atoms with Crippen molar-refractivity contribution in [3.63, 3.8) is 0 Å². The van der Waals surface area contributed by atoms with Crippen LogP contribution in [-0.4, -0.2) is 24.2 Å². The second-order valence-corrected chi connectivity index (χ2v) is 6.89. The van der Waals surface area contributed by atoms with Crippen molar-refractivity contribution < 1.29 is 14.3 Å². The first-order valence-electron chi connectivity index (χ1n) is 7.68. The molecule has 126 valence electrons. The lowest BCUT2D eigenvalue weighted by Gasteiger charge is -2.12. The average Bonchev–Trinajstić information content (AvgIpc) is 2.61. The Morgan fingerprint density at radius 2 is 1.71 bits per heavy atom. The fraction of sp³-hybridized carbons (Fsp3) is 0.263. The summed E-state index contributed by atoms with van der Waals surface area (Å²) in [5.41, 5.74) is 2.63. The molecule has 0 fully saturated rings. The number of ether oxygens (including phenoxy) is 1. The number of aryl methyl sites for hydroxylation is 1. The Bertz CT molecular complexity index is 696. The lowest BCUT2D eigenvalue weighted by atomic mass is 10.1. The van der Waals surface area contributed by atoms with Gasteiger partial charge in [0, 0.05) is 11.4 Å². The van der Waals surface area contributed by atoms with Gasteiger partial charge in [-0.1, -0.05) is 29.8 Å². The maximum absolute atomic E-state index is 12.2. The summed E-state index contributed by atoms with van der Waals surface area (Å²) in [5, 5.41) is 2.74. The van der Waals surface area contributed by atoms with Crippen molar-refractivity contribution in [2.45, 2.75) is 30.5 Å². The number of amides is 1. The minimum absolute atomic E-state index is 0.0161. The van der Waals surface area contributed by atoms with Gasteiger partial charge in [0.25, 0.3) is 0 Å². The van der Waals surface area contributed by atoms with Gasteiger partial charge in [-0.05, 0) is 43.7 Å². The number of rotatable bonds is 6. The van der Waals surface area contributed by atoms with Crippen molar-refractivity contribution in [2.24, 2.45) is 0 Å². The molecular weight excluding hydrogens is 322 g/mol. The summed E-state index contributed by atoms with van der Waals surface area (Å²) in [5.74, 6) is -0.383. The zero-order valence-corrected chi connectivity index (χ0v) is 14.9. The molecule has 1 unspecified atom stereocenters. The molecule has 0 aliphatic heterocycles. The summed E-state index contributed by atoms with van der Waals surface area (Å²) in [7, 11) is 1.35. The van der Waals surface area contributed by atoms with Crippen LogP contribution >= 0.6 is 11.8 Å². The van der Waals surface area contributed by atoms with Crippen molar-refractivity contribution in [3.05, 3.63) is 65.2 Å². The monoisotopic (exact) mass is 343 g/mol. The van der Waals surface area contributed by atoms with Gasteiger partial charge in [-0.25, -0.2) is 4.79 Å². The van der Waals surface area contributed by atoms with Crippen LogP contribution in [0, 0.1) is 6.92 Å². The zero-order chi connectivity index (χ0) is 17.5. The first kappa shape index (κ1) is 18.1. The number of carbonyl (C=O) groups is 2. The highest BCUT2D eigenvalue weighted by atomic mass is 32.2. The lowest BCUT2D eigenvalue weighted by Crippen LogP contribution is -2.30. The average molecular weight is 343 g/mol. The van der Waals surface area contributed by atoms with E-state index in [0.29, 0.717) is 12.1 Å². The SMILES string of the molecule is COC(=O)c1ccc(CNC(=O)C(C)Sc2ccc(C)cc2)cc1.